The van der Waals surface area contributed by atoms with Crippen molar-refractivity contribution in [3.63, 3.8) is 0 Å². The maximum Gasteiger partial charge on any atom is 0.258 e. The molecule has 3 aromatic carbocycles. The average Bonchev–Trinajstić information content (AvgIpc) is 3.40. The number of phenols is 1. The van der Waals surface area contributed by atoms with Crippen LogP contribution in [0.4, 0.5) is 11.4 Å². The molecule has 0 unspecified atom stereocenters. The minimum absolute atomic E-state index is 0.0817. The first-order valence-electron chi connectivity index (χ1n) is 11.7. The summed E-state index contributed by atoms with van der Waals surface area (Å²) in [4.78, 5) is 44.3. The van der Waals surface area contributed by atoms with Gasteiger partial charge in [-0.25, -0.2) is 0 Å². The van der Waals surface area contributed by atoms with Gasteiger partial charge in [0.25, 0.3) is 11.8 Å². The minimum atomic E-state index is -0.668. The van der Waals surface area contributed by atoms with E-state index in [1.807, 2.05) is 12.1 Å². The second-order valence-corrected chi connectivity index (χ2v) is 8.60. The molecule has 1 atom stereocenters. The molecule has 0 spiro atoms. The number of amides is 3. The smallest absolute Gasteiger partial charge is 0.258 e. The molecule has 36 heavy (non-hydrogen) atoms. The predicted octanol–water partition coefficient (Wildman–Crippen LogP) is 4.44. The summed E-state index contributed by atoms with van der Waals surface area (Å²) in [5.41, 5.74) is 1.67. The molecule has 3 amide bonds. The van der Waals surface area contributed by atoms with E-state index in [-0.39, 0.29) is 29.0 Å². The molecule has 3 N–H and O–H groups in total. The number of carbonyl (C=O) groups excluding carboxylic acids is 3. The molecule has 4 aromatic rings. The van der Waals surface area contributed by atoms with Gasteiger partial charge >= 0.3 is 0 Å². The SMILES string of the molecule is O=C(Nc1cccc(NC(=O)[C@H]2CCCN2C(=O)c2ccc3ccccc3c2O)c1)c1ccncc1. The van der Waals surface area contributed by atoms with E-state index < -0.39 is 6.04 Å². The van der Waals surface area contributed by atoms with Crippen LogP contribution in [-0.4, -0.2) is 45.3 Å². The summed E-state index contributed by atoms with van der Waals surface area (Å²) in [6, 6.07) is 20.1. The molecule has 2 heterocycles. The monoisotopic (exact) mass is 480 g/mol. The van der Waals surface area contributed by atoms with E-state index in [0.717, 1.165) is 5.39 Å². The number of nitrogens with zero attached hydrogens (tertiary/aromatic N) is 2. The van der Waals surface area contributed by atoms with E-state index in [1.165, 1.54) is 17.3 Å². The Balaban J connectivity index is 1.30. The third-order valence-corrected chi connectivity index (χ3v) is 6.28. The second-order valence-electron chi connectivity index (χ2n) is 8.60. The van der Waals surface area contributed by atoms with Gasteiger partial charge in [-0.15, -0.1) is 0 Å². The van der Waals surface area contributed by atoms with E-state index >= 15 is 0 Å². The van der Waals surface area contributed by atoms with Crippen LogP contribution in [0.3, 0.4) is 0 Å². The van der Waals surface area contributed by atoms with Gasteiger partial charge in [0.05, 0.1) is 5.56 Å². The van der Waals surface area contributed by atoms with Crippen LogP contribution in [0.2, 0.25) is 0 Å². The van der Waals surface area contributed by atoms with Gasteiger partial charge in [-0.1, -0.05) is 36.4 Å². The highest BCUT2D eigenvalue weighted by atomic mass is 16.3. The zero-order valence-electron chi connectivity index (χ0n) is 19.3. The second kappa shape index (κ2) is 9.87. The first-order valence-corrected chi connectivity index (χ1v) is 11.7. The molecular formula is C28H24N4O4. The van der Waals surface area contributed by atoms with E-state index in [1.54, 1.807) is 60.7 Å². The van der Waals surface area contributed by atoms with Gasteiger partial charge in [0, 0.05) is 41.3 Å². The average molecular weight is 481 g/mol. The Kier molecular flexibility index (Phi) is 6.32. The fourth-order valence-corrected chi connectivity index (χ4v) is 4.47. The summed E-state index contributed by atoms with van der Waals surface area (Å²) in [6.45, 7) is 0.422. The summed E-state index contributed by atoms with van der Waals surface area (Å²) in [5.74, 6) is -1.07. The maximum absolute atomic E-state index is 13.3. The predicted molar refractivity (Wildman–Crippen MR) is 137 cm³/mol. The first-order chi connectivity index (χ1) is 17.5. The summed E-state index contributed by atoms with van der Waals surface area (Å²) >= 11 is 0. The zero-order chi connectivity index (χ0) is 25.1. The Morgan fingerprint density at radius 1 is 0.889 bits per heavy atom. The van der Waals surface area contributed by atoms with Crippen LogP contribution in [0.25, 0.3) is 10.8 Å². The van der Waals surface area contributed by atoms with E-state index in [9.17, 15) is 19.5 Å². The lowest BCUT2D eigenvalue weighted by atomic mass is 10.0. The van der Waals surface area contributed by atoms with E-state index in [0.29, 0.717) is 41.7 Å². The summed E-state index contributed by atoms with van der Waals surface area (Å²) in [5, 5.41) is 17.8. The van der Waals surface area contributed by atoms with Gasteiger partial charge in [0.2, 0.25) is 5.91 Å². The molecule has 1 saturated heterocycles. The van der Waals surface area contributed by atoms with Crippen molar-refractivity contribution in [2.24, 2.45) is 0 Å². The van der Waals surface area contributed by atoms with Gasteiger partial charge in [0.1, 0.15) is 11.8 Å². The molecule has 180 valence electrons. The maximum atomic E-state index is 13.3. The molecule has 5 rings (SSSR count). The van der Waals surface area contributed by atoms with Gasteiger partial charge in [-0.3, -0.25) is 19.4 Å². The Labute approximate surface area is 207 Å². The molecular weight excluding hydrogens is 456 g/mol. The first kappa shape index (κ1) is 23.0. The molecule has 0 radical (unpaired) electrons. The fraction of sp³-hybridized carbons (Fsp3) is 0.143. The third kappa shape index (κ3) is 4.61. The van der Waals surface area contributed by atoms with E-state index in [2.05, 4.69) is 15.6 Å². The quantitative estimate of drug-likeness (QED) is 0.391. The highest BCUT2D eigenvalue weighted by Gasteiger charge is 2.35. The largest absolute Gasteiger partial charge is 0.506 e. The number of carbonyl (C=O) groups is 3. The highest BCUT2D eigenvalue weighted by Crippen LogP contribution is 2.31. The van der Waals surface area contributed by atoms with Crippen LogP contribution in [0.1, 0.15) is 33.6 Å². The van der Waals surface area contributed by atoms with Crippen LogP contribution in [-0.2, 0) is 4.79 Å². The van der Waals surface area contributed by atoms with Crippen molar-refractivity contribution < 1.29 is 19.5 Å². The number of hydrogen-bond donors (Lipinski definition) is 3. The van der Waals surface area contributed by atoms with Crippen LogP contribution in [0.15, 0.2) is 85.2 Å². The zero-order valence-corrected chi connectivity index (χ0v) is 19.3. The summed E-state index contributed by atoms with van der Waals surface area (Å²) < 4.78 is 0. The number of hydrogen-bond acceptors (Lipinski definition) is 5. The number of nitrogens with one attached hydrogen (secondary N) is 2. The number of aromatic hydroxyl groups is 1. The Hall–Kier alpha value is -4.72. The molecule has 1 aliphatic rings. The van der Waals surface area contributed by atoms with Crippen molar-refractivity contribution >= 4 is 39.9 Å². The van der Waals surface area contributed by atoms with Crippen molar-refractivity contribution in [1.82, 2.24) is 9.88 Å². The number of phenolic OH excluding ortho intramolecular Hbond substituents is 1. The minimum Gasteiger partial charge on any atom is -0.506 e. The van der Waals surface area contributed by atoms with Crippen molar-refractivity contribution in [1.29, 1.82) is 0 Å². The molecule has 0 aliphatic carbocycles. The number of likely N-dealkylation sites (tertiary alicyclic amines) is 1. The Morgan fingerprint density at radius 3 is 2.44 bits per heavy atom. The number of benzene rings is 3. The summed E-state index contributed by atoms with van der Waals surface area (Å²) in [7, 11) is 0. The molecule has 0 saturated carbocycles. The number of pyridine rings is 1. The number of fused-ring (bicyclic) bond motifs is 1. The van der Waals surface area contributed by atoms with Crippen LogP contribution in [0, 0.1) is 0 Å². The molecule has 8 heteroatoms. The highest BCUT2D eigenvalue weighted by molar-refractivity contribution is 6.07. The van der Waals surface area contributed by atoms with Crippen molar-refractivity contribution in [3.8, 4) is 5.75 Å². The lowest BCUT2D eigenvalue weighted by Crippen LogP contribution is -2.43. The molecule has 1 fully saturated rings. The van der Waals surface area contributed by atoms with Gasteiger partial charge in [0.15, 0.2) is 0 Å². The van der Waals surface area contributed by atoms with Gasteiger partial charge in [-0.05, 0) is 54.6 Å². The number of aromatic nitrogens is 1. The number of anilines is 2. The molecule has 1 aromatic heterocycles. The van der Waals surface area contributed by atoms with Crippen LogP contribution >= 0.6 is 0 Å². The van der Waals surface area contributed by atoms with Gasteiger partial charge in [-0.2, -0.15) is 0 Å². The molecule has 8 nitrogen and oxygen atoms in total. The normalized spacial score (nSPS) is 15.0. The lowest BCUT2D eigenvalue weighted by molar-refractivity contribution is -0.119. The van der Waals surface area contributed by atoms with E-state index in [4.69, 9.17) is 0 Å². The van der Waals surface area contributed by atoms with Gasteiger partial charge < -0.3 is 20.6 Å². The van der Waals surface area contributed by atoms with Crippen molar-refractivity contribution in [3.05, 3.63) is 96.3 Å². The standard InChI is InChI=1S/C28H24N4O4/c33-25-22-8-2-1-5-18(22)10-11-23(25)28(36)32-16-4-9-24(32)27(35)31-21-7-3-6-20(17-21)30-26(34)19-12-14-29-15-13-19/h1-3,5-8,10-15,17,24,33H,4,9,16H2,(H,30,34)(H,31,35)/t24-/m1/s1. The van der Waals surface area contributed by atoms with Crippen molar-refractivity contribution in [2.45, 2.75) is 18.9 Å². The number of rotatable bonds is 5. The third-order valence-electron chi connectivity index (χ3n) is 6.28. The van der Waals surface area contributed by atoms with Crippen LogP contribution in [0.5, 0.6) is 5.75 Å². The molecule has 1 aliphatic heterocycles. The van der Waals surface area contributed by atoms with Crippen LogP contribution < -0.4 is 10.6 Å². The lowest BCUT2D eigenvalue weighted by Gasteiger charge is -2.24. The Morgan fingerprint density at radius 2 is 1.64 bits per heavy atom. The topological polar surface area (TPSA) is 112 Å². The summed E-state index contributed by atoms with van der Waals surface area (Å²) in [6.07, 6.45) is 4.28. The Bertz CT molecular complexity index is 1450. The fourth-order valence-electron chi connectivity index (χ4n) is 4.47. The molecule has 0 bridgehead atoms. The van der Waals surface area contributed by atoms with Crippen molar-refractivity contribution in [2.75, 3.05) is 17.2 Å².